The summed E-state index contributed by atoms with van der Waals surface area (Å²) in [6.07, 6.45) is -2.59. The largest absolute Gasteiger partial charge is 0.446 e. The zero-order valence-corrected chi connectivity index (χ0v) is 12.6. The average Bonchev–Trinajstić information content (AvgIpc) is 2.35. The van der Waals surface area contributed by atoms with Gasteiger partial charge >= 0.3 is 16.3 Å². The van der Waals surface area contributed by atoms with Gasteiger partial charge in [0.1, 0.15) is 0 Å². The van der Waals surface area contributed by atoms with Gasteiger partial charge in [-0.1, -0.05) is 12.1 Å². The number of amides is 1. The number of benzene rings is 1. The first-order valence-electron chi connectivity index (χ1n) is 6.21. The summed E-state index contributed by atoms with van der Waals surface area (Å²) in [6, 6.07) is 6.33. The van der Waals surface area contributed by atoms with Crippen LogP contribution >= 0.6 is 0 Å². The molecule has 5 N–H and O–H groups in total. The Morgan fingerprint density at radius 3 is 2.43 bits per heavy atom. The minimum absolute atomic E-state index is 0.297. The van der Waals surface area contributed by atoms with Crippen molar-refractivity contribution in [2.24, 2.45) is 0 Å². The maximum atomic E-state index is 11.6. The van der Waals surface area contributed by atoms with Crippen LogP contribution in [0, 0.1) is 0 Å². The van der Waals surface area contributed by atoms with E-state index >= 15 is 0 Å². The van der Waals surface area contributed by atoms with Gasteiger partial charge in [-0.25, -0.2) is 9.52 Å². The van der Waals surface area contributed by atoms with Gasteiger partial charge in [0.25, 0.3) is 0 Å². The van der Waals surface area contributed by atoms with Crippen molar-refractivity contribution in [1.82, 2.24) is 9.44 Å². The number of carbonyl (C=O) groups is 1. The lowest BCUT2D eigenvalue weighted by Gasteiger charge is -2.14. The van der Waals surface area contributed by atoms with Crippen molar-refractivity contribution in [2.75, 3.05) is 12.3 Å². The maximum Gasteiger partial charge on any atom is 0.422 e. The Kier molecular flexibility index (Phi) is 5.94. The van der Waals surface area contributed by atoms with Crippen LogP contribution in [0.1, 0.15) is 25.5 Å². The fourth-order valence-electron chi connectivity index (χ4n) is 1.41. The summed E-state index contributed by atoms with van der Waals surface area (Å²) in [5.74, 6) is 0. The molecule has 21 heavy (non-hydrogen) atoms. The Morgan fingerprint density at radius 2 is 1.90 bits per heavy atom. The Morgan fingerprint density at radius 1 is 1.33 bits per heavy atom. The van der Waals surface area contributed by atoms with E-state index in [1.807, 2.05) is 0 Å². The molecule has 0 spiro atoms. The topological polar surface area (TPSA) is 131 Å². The van der Waals surface area contributed by atoms with Crippen LogP contribution in [0.2, 0.25) is 0 Å². The number of rotatable bonds is 6. The summed E-state index contributed by atoms with van der Waals surface area (Å²) in [7, 11) is -4.10. The molecule has 1 amide bonds. The Bertz CT molecular complexity index is 571. The van der Waals surface area contributed by atoms with Crippen LogP contribution in [0.15, 0.2) is 24.3 Å². The minimum Gasteiger partial charge on any atom is -0.446 e. The smallest absolute Gasteiger partial charge is 0.422 e. The van der Waals surface area contributed by atoms with Gasteiger partial charge in [-0.15, -0.1) is 0 Å². The molecule has 1 rings (SSSR count). The van der Waals surface area contributed by atoms with E-state index in [1.54, 1.807) is 42.8 Å². The second-order valence-corrected chi connectivity index (χ2v) is 6.09. The van der Waals surface area contributed by atoms with Crippen LogP contribution in [0.4, 0.5) is 10.5 Å². The lowest BCUT2D eigenvalue weighted by Crippen LogP contribution is -2.42. The van der Waals surface area contributed by atoms with Crippen LogP contribution in [0.3, 0.4) is 0 Å². The van der Waals surface area contributed by atoms with Crippen molar-refractivity contribution in [2.45, 2.75) is 26.1 Å². The zero-order valence-electron chi connectivity index (χ0n) is 11.7. The predicted molar refractivity (Wildman–Crippen MR) is 77.5 cm³/mol. The molecule has 118 valence electrons. The van der Waals surface area contributed by atoms with Crippen LogP contribution in [0.5, 0.6) is 0 Å². The number of ether oxygens (including phenoxy) is 1. The molecule has 0 heterocycles. The van der Waals surface area contributed by atoms with Crippen molar-refractivity contribution in [3.63, 3.8) is 0 Å². The van der Waals surface area contributed by atoms with Gasteiger partial charge in [-0.3, -0.25) is 0 Å². The molecule has 0 saturated heterocycles. The third-order valence-electron chi connectivity index (χ3n) is 2.35. The van der Waals surface area contributed by atoms with E-state index in [4.69, 9.17) is 5.73 Å². The van der Waals surface area contributed by atoms with E-state index in [9.17, 15) is 18.3 Å². The van der Waals surface area contributed by atoms with Crippen molar-refractivity contribution >= 4 is 22.0 Å². The van der Waals surface area contributed by atoms with Crippen LogP contribution in [-0.4, -0.2) is 32.3 Å². The van der Waals surface area contributed by atoms with Crippen LogP contribution < -0.4 is 15.2 Å². The van der Waals surface area contributed by atoms with Gasteiger partial charge in [0.2, 0.25) is 0 Å². The van der Waals surface area contributed by atoms with Gasteiger partial charge in [0.15, 0.2) is 0 Å². The molecule has 0 fully saturated rings. The van der Waals surface area contributed by atoms with Gasteiger partial charge < -0.3 is 15.6 Å². The van der Waals surface area contributed by atoms with Crippen molar-refractivity contribution in [1.29, 1.82) is 0 Å². The van der Waals surface area contributed by atoms with Gasteiger partial charge in [0, 0.05) is 12.2 Å². The number of hydrogen-bond donors (Lipinski definition) is 4. The highest BCUT2D eigenvalue weighted by Crippen LogP contribution is 2.13. The fraction of sp³-hybridized carbons (Fsp3) is 0.417. The molecule has 0 saturated carbocycles. The third kappa shape index (κ3) is 6.43. The molecule has 0 bridgehead atoms. The van der Waals surface area contributed by atoms with E-state index in [0.29, 0.717) is 11.3 Å². The fourth-order valence-corrected chi connectivity index (χ4v) is 2.13. The van der Waals surface area contributed by atoms with Crippen LogP contribution in [-0.2, 0) is 14.9 Å². The van der Waals surface area contributed by atoms with Crippen molar-refractivity contribution in [3.8, 4) is 0 Å². The molecule has 0 aliphatic heterocycles. The molecule has 0 aromatic heterocycles. The molecule has 1 aromatic rings. The number of hydrogen-bond acceptors (Lipinski definition) is 6. The standard InChI is InChI=1S/C12H19N3O5S/c1-8(2)20-12(17)15-21(18,19)14-7-11(16)9-3-5-10(13)6-4-9/h3-6,8,11,14,16H,7,13H2,1-2H3,(H,15,17). The molecule has 0 aliphatic rings. The monoisotopic (exact) mass is 317 g/mol. The summed E-state index contributed by atoms with van der Waals surface area (Å²) in [5.41, 5.74) is 6.54. The quantitative estimate of drug-likeness (QED) is 0.557. The van der Waals surface area contributed by atoms with Gasteiger partial charge in [-0.2, -0.15) is 13.1 Å². The van der Waals surface area contributed by atoms with E-state index in [0.717, 1.165) is 0 Å². The molecule has 8 nitrogen and oxygen atoms in total. The Labute approximate surface area is 123 Å². The molecule has 1 unspecified atom stereocenters. The second kappa shape index (κ2) is 7.25. The van der Waals surface area contributed by atoms with E-state index in [-0.39, 0.29) is 6.54 Å². The summed E-state index contributed by atoms with van der Waals surface area (Å²) >= 11 is 0. The highest BCUT2D eigenvalue weighted by Gasteiger charge is 2.18. The molecule has 9 heteroatoms. The molecule has 0 aliphatic carbocycles. The van der Waals surface area contributed by atoms with E-state index in [2.05, 4.69) is 9.46 Å². The molecule has 1 atom stereocenters. The van der Waals surface area contributed by atoms with Gasteiger partial charge in [0.05, 0.1) is 12.2 Å². The number of aliphatic hydroxyl groups excluding tert-OH is 1. The lowest BCUT2D eigenvalue weighted by atomic mass is 10.1. The molecule has 1 aromatic carbocycles. The third-order valence-corrected chi connectivity index (χ3v) is 3.33. The van der Waals surface area contributed by atoms with E-state index in [1.165, 1.54) is 0 Å². The first-order chi connectivity index (χ1) is 9.69. The number of anilines is 1. The lowest BCUT2D eigenvalue weighted by molar-refractivity contribution is 0.121. The zero-order chi connectivity index (χ0) is 16.0. The van der Waals surface area contributed by atoms with Crippen molar-refractivity contribution < 1.29 is 23.1 Å². The highest BCUT2D eigenvalue weighted by molar-refractivity contribution is 7.88. The summed E-state index contributed by atoms with van der Waals surface area (Å²) in [6.45, 7) is 2.88. The Hall–Kier alpha value is -1.84. The number of nitrogens with one attached hydrogen (secondary N) is 2. The number of carbonyl (C=O) groups excluding carboxylic acids is 1. The minimum atomic E-state index is -4.10. The number of aliphatic hydroxyl groups is 1. The molecular formula is C12H19N3O5S. The summed E-state index contributed by atoms with van der Waals surface area (Å²) in [5, 5.41) is 9.84. The number of nitrogens with two attached hydrogens (primary N) is 1. The molecular weight excluding hydrogens is 298 g/mol. The van der Waals surface area contributed by atoms with Crippen LogP contribution in [0.25, 0.3) is 0 Å². The number of nitrogen functional groups attached to an aromatic ring is 1. The van der Waals surface area contributed by atoms with E-state index < -0.39 is 28.5 Å². The summed E-state index contributed by atoms with van der Waals surface area (Å²) in [4.78, 5) is 11.2. The normalized spacial score (nSPS) is 13.0. The first-order valence-corrected chi connectivity index (χ1v) is 7.69. The van der Waals surface area contributed by atoms with Crippen molar-refractivity contribution in [3.05, 3.63) is 29.8 Å². The predicted octanol–water partition coefficient (Wildman–Crippen LogP) is 0.271. The summed E-state index contributed by atoms with van der Waals surface area (Å²) < 4.78 is 31.5. The maximum absolute atomic E-state index is 11.6. The van der Waals surface area contributed by atoms with Gasteiger partial charge in [-0.05, 0) is 31.5 Å². The Balaban J connectivity index is 2.53. The highest BCUT2D eigenvalue weighted by atomic mass is 32.2. The SMILES string of the molecule is CC(C)OC(=O)NS(=O)(=O)NCC(O)c1ccc(N)cc1. The second-order valence-electron chi connectivity index (χ2n) is 4.59. The first kappa shape index (κ1) is 17.2. The molecule has 0 radical (unpaired) electrons. The average molecular weight is 317 g/mol.